The summed E-state index contributed by atoms with van der Waals surface area (Å²) in [5.41, 5.74) is 17.5. The van der Waals surface area contributed by atoms with E-state index in [9.17, 15) is 0 Å². The van der Waals surface area contributed by atoms with Crippen LogP contribution < -0.4 is 4.90 Å². The maximum absolute atomic E-state index is 2.46. The molecule has 1 nitrogen and oxygen atoms in total. The molecule has 1 aliphatic rings. The lowest BCUT2D eigenvalue weighted by molar-refractivity contribution is 0.589. The highest BCUT2D eigenvalue weighted by molar-refractivity contribution is 5.91. The molecule has 0 aromatic heterocycles. The molecule has 7 aromatic carbocycles. The molecule has 0 fully saturated rings. The lowest BCUT2D eigenvalue weighted by Gasteiger charge is -2.32. The molecule has 0 aliphatic heterocycles. The fourth-order valence-electron chi connectivity index (χ4n) is 8.90. The Labute approximate surface area is 329 Å². The number of rotatable bonds is 10. The van der Waals surface area contributed by atoms with Crippen LogP contribution in [0, 0.1) is 0 Å². The Balaban J connectivity index is 1.26. The first kappa shape index (κ1) is 36.3. The van der Waals surface area contributed by atoms with Gasteiger partial charge in [0.1, 0.15) is 0 Å². The summed E-state index contributed by atoms with van der Waals surface area (Å²) in [6.45, 7) is 13.9. The van der Waals surface area contributed by atoms with Crippen LogP contribution >= 0.6 is 0 Å². The Hall–Kier alpha value is -5.66. The molecular weight excluding hydrogens is 663 g/mol. The van der Waals surface area contributed by atoms with Crippen LogP contribution in [0.4, 0.5) is 17.1 Å². The smallest absolute Gasteiger partial charge is 0.0540 e. The molecule has 0 radical (unpaired) electrons. The van der Waals surface area contributed by atoms with Crippen LogP contribution in [0.25, 0.3) is 33.4 Å². The van der Waals surface area contributed by atoms with E-state index in [-0.39, 0.29) is 10.8 Å². The van der Waals surface area contributed by atoms with Gasteiger partial charge in [0.2, 0.25) is 0 Å². The van der Waals surface area contributed by atoms with Gasteiger partial charge < -0.3 is 4.90 Å². The van der Waals surface area contributed by atoms with Crippen LogP contribution in [0.5, 0.6) is 0 Å². The number of anilines is 3. The fourth-order valence-corrected chi connectivity index (χ4v) is 8.90. The molecule has 7 aromatic rings. The molecule has 0 spiro atoms. The van der Waals surface area contributed by atoms with Crippen LogP contribution in [-0.2, 0) is 10.8 Å². The van der Waals surface area contributed by atoms with Crippen LogP contribution in [0.15, 0.2) is 170 Å². The lowest BCUT2D eigenvalue weighted by Crippen LogP contribution is -2.23. The van der Waals surface area contributed by atoms with Crippen LogP contribution in [-0.4, -0.2) is 0 Å². The topological polar surface area (TPSA) is 3.24 Å². The summed E-state index contributed by atoms with van der Waals surface area (Å²) in [6, 6.07) is 63.6. The largest absolute Gasteiger partial charge is 0.310 e. The first-order valence-corrected chi connectivity index (χ1v) is 20.2. The van der Waals surface area contributed by atoms with Gasteiger partial charge >= 0.3 is 0 Å². The standard InChI is InChI=1S/C54H53N/c1-7-16-38(8-2)39-23-25-40(26-24-39)41-27-33-45(34-28-41)55(52-22-15-13-19-47(52)42-17-10-9-11-18-42)46-35-36-49-48-20-12-14-21-50(48)54(6,51(49)37-46)44-31-29-43(30-32-44)53(3,4)5/h9-15,17-38H,7-8,16H2,1-6H3. The van der Waals surface area contributed by atoms with Gasteiger partial charge in [-0.05, 0) is 117 Å². The maximum Gasteiger partial charge on any atom is 0.0540 e. The second-order valence-electron chi connectivity index (χ2n) is 16.5. The zero-order valence-electron chi connectivity index (χ0n) is 33.3. The highest BCUT2D eigenvalue weighted by atomic mass is 15.1. The van der Waals surface area contributed by atoms with E-state index in [0.29, 0.717) is 5.92 Å². The predicted molar refractivity (Wildman–Crippen MR) is 236 cm³/mol. The predicted octanol–water partition coefficient (Wildman–Crippen LogP) is 15.4. The molecule has 0 heterocycles. The van der Waals surface area contributed by atoms with E-state index in [1.54, 1.807) is 0 Å². The summed E-state index contributed by atoms with van der Waals surface area (Å²) in [5, 5.41) is 0. The molecule has 0 N–H and O–H groups in total. The van der Waals surface area contributed by atoms with E-state index in [2.05, 4.69) is 216 Å². The summed E-state index contributed by atoms with van der Waals surface area (Å²) in [4.78, 5) is 2.46. The second-order valence-corrected chi connectivity index (χ2v) is 16.5. The summed E-state index contributed by atoms with van der Waals surface area (Å²) in [7, 11) is 0. The van der Waals surface area contributed by atoms with Crippen LogP contribution in [0.1, 0.15) is 94.5 Å². The van der Waals surface area contributed by atoms with Crippen molar-refractivity contribution in [2.24, 2.45) is 0 Å². The zero-order valence-corrected chi connectivity index (χ0v) is 33.3. The quantitative estimate of drug-likeness (QED) is 0.136. The van der Waals surface area contributed by atoms with E-state index in [4.69, 9.17) is 0 Å². The molecule has 1 heteroatoms. The van der Waals surface area contributed by atoms with E-state index in [1.165, 1.54) is 80.5 Å². The molecule has 2 atom stereocenters. The summed E-state index contributed by atoms with van der Waals surface area (Å²) in [6.07, 6.45) is 3.63. The number of fused-ring (bicyclic) bond motifs is 3. The van der Waals surface area contributed by atoms with E-state index in [1.807, 2.05) is 0 Å². The molecule has 0 amide bonds. The molecule has 8 rings (SSSR count). The third-order valence-corrected chi connectivity index (χ3v) is 12.1. The average Bonchev–Trinajstić information content (AvgIpc) is 3.48. The van der Waals surface area contributed by atoms with Gasteiger partial charge in [0.15, 0.2) is 0 Å². The Morgan fingerprint density at radius 2 is 1.11 bits per heavy atom. The lowest BCUT2D eigenvalue weighted by atomic mass is 9.73. The minimum absolute atomic E-state index is 0.0937. The number of hydrogen-bond donors (Lipinski definition) is 0. The summed E-state index contributed by atoms with van der Waals surface area (Å²) >= 11 is 0. The Morgan fingerprint density at radius 1 is 0.527 bits per heavy atom. The van der Waals surface area contributed by atoms with Crippen molar-refractivity contribution < 1.29 is 0 Å². The minimum Gasteiger partial charge on any atom is -0.310 e. The third kappa shape index (κ3) is 6.71. The van der Waals surface area contributed by atoms with Crippen molar-refractivity contribution in [3.05, 3.63) is 198 Å². The van der Waals surface area contributed by atoms with Crippen LogP contribution in [0.3, 0.4) is 0 Å². The summed E-state index contributed by atoms with van der Waals surface area (Å²) < 4.78 is 0. The average molecular weight is 716 g/mol. The Bertz CT molecular complexity index is 2400. The number of para-hydroxylation sites is 1. The van der Waals surface area contributed by atoms with Crippen molar-refractivity contribution in [3.63, 3.8) is 0 Å². The van der Waals surface area contributed by atoms with Crippen molar-refractivity contribution in [2.45, 2.75) is 77.6 Å². The van der Waals surface area contributed by atoms with E-state index in [0.717, 1.165) is 17.1 Å². The maximum atomic E-state index is 2.46. The molecule has 2 unspecified atom stereocenters. The van der Waals surface area contributed by atoms with E-state index < -0.39 is 0 Å². The van der Waals surface area contributed by atoms with Gasteiger partial charge in [0.25, 0.3) is 0 Å². The molecule has 0 saturated heterocycles. The van der Waals surface area contributed by atoms with Crippen molar-refractivity contribution in [1.29, 1.82) is 0 Å². The molecular formula is C54H53N. The number of hydrogen-bond acceptors (Lipinski definition) is 1. The van der Waals surface area contributed by atoms with E-state index >= 15 is 0 Å². The summed E-state index contributed by atoms with van der Waals surface area (Å²) in [5.74, 6) is 0.629. The fraction of sp³-hybridized carbons (Fsp3) is 0.222. The second kappa shape index (κ2) is 14.9. The number of nitrogens with zero attached hydrogens (tertiary/aromatic N) is 1. The number of benzene rings is 7. The Morgan fingerprint density at radius 3 is 1.76 bits per heavy atom. The molecule has 55 heavy (non-hydrogen) atoms. The minimum atomic E-state index is -0.313. The highest BCUT2D eigenvalue weighted by Crippen LogP contribution is 2.54. The van der Waals surface area contributed by atoms with Crippen molar-refractivity contribution in [1.82, 2.24) is 0 Å². The normalized spacial score (nSPS) is 15.3. The van der Waals surface area contributed by atoms with Gasteiger partial charge in [-0.25, -0.2) is 0 Å². The van der Waals surface area contributed by atoms with Crippen molar-refractivity contribution >= 4 is 17.1 Å². The molecule has 274 valence electrons. The van der Waals surface area contributed by atoms with Crippen molar-refractivity contribution in [2.75, 3.05) is 4.90 Å². The highest BCUT2D eigenvalue weighted by Gasteiger charge is 2.41. The first-order chi connectivity index (χ1) is 26.7. The SMILES string of the molecule is CCCC(CC)c1ccc(-c2ccc(N(c3ccc4c(c3)C(C)(c3ccc(C(C)(C)C)cc3)c3ccccc3-4)c3ccccc3-c3ccccc3)cc2)cc1. The van der Waals surface area contributed by atoms with Gasteiger partial charge in [-0.15, -0.1) is 0 Å². The zero-order chi connectivity index (χ0) is 38.2. The molecule has 1 aliphatic carbocycles. The monoisotopic (exact) mass is 715 g/mol. The molecule has 0 saturated carbocycles. The Kier molecular flexibility index (Phi) is 9.82. The molecule has 0 bridgehead atoms. The van der Waals surface area contributed by atoms with Gasteiger partial charge in [-0.3, -0.25) is 0 Å². The third-order valence-electron chi connectivity index (χ3n) is 12.1. The van der Waals surface area contributed by atoms with Gasteiger partial charge in [-0.1, -0.05) is 181 Å². The first-order valence-electron chi connectivity index (χ1n) is 20.2. The van der Waals surface area contributed by atoms with Gasteiger partial charge in [0.05, 0.1) is 5.69 Å². The van der Waals surface area contributed by atoms with Gasteiger partial charge in [-0.2, -0.15) is 0 Å². The van der Waals surface area contributed by atoms with Crippen molar-refractivity contribution in [3.8, 4) is 33.4 Å². The van der Waals surface area contributed by atoms with Crippen LogP contribution in [0.2, 0.25) is 0 Å². The van der Waals surface area contributed by atoms with Gasteiger partial charge in [0, 0.05) is 22.4 Å².